The second-order valence-corrected chi connectivity index (χ2v) is 7.36. The molecule has 0 bridgehead atoms. The highest BCUT2D eigenvalue weighted by Gasteiger charge is 2.33. The van der Waals surface area contributed by atoms with Gasteiger partial charge in [0, 0.05) is 12.6 Å². The molecule has 3 rings (SSSR count). The molecule has 9 nitrogen and oxygen atoms in total. The van der Waals surface area contributed by atoms with E-state index in [4.69, 9.17) is 15.2 Å². The summed E-state index contributed by atoms with van der Waals surface area (Å²) in [6.07, 6.45) is 0.894. The number of benzene rings is 1. The molecule has 148 valence electrons. The number of amides is 2. The minimum Gasteiger partial charge on any atom is -0.495 e. The Labute approximate surface area is 163 Å². The van der Waals surface area contributed by atoms with Gasteiger partial charge in [0.25, 0.3) is 0 Å². The fraction of sp³-hybridized carbons (Fsp3) is 0.368. The Morgan fingerprint density at radius 2 is 2.00 bits per heavy atom. The summed E-state index contributed by atoms with van der Waals surface area (Å²) in [6.45, 7) is 5.36. The fourth-order valence-corrected chi connectivity index (χ4v) is 2.90. The van der Waals surface area contributed by atoms with Gasteiger partial charge in [-0.1, -0.05) is 0 Å². The summed E-state index contributed by atoms with van der Waals surface area (Å²) in [5.41, 5.74) is 6.81. The molecule has 0 radical (unpaired) electrons. The molecule has 1 aromatic heterocycles. The monoisotopic (exact) mass is 385 g/mol. The van der Waals surface area contributed by atoms with E-state index >= 15 is 0 Å². The minimum atomic E-state index is -0.644. The van der Waals surface area contributed by atoms with Gasteiger partial charge in [-0.2, -0.15) is 0 Å². The maximum atomic E-state index is 12.6. The number of methoxy groups -OCH3 is 1. The molecule has 0 saturated heterocycles. The van der Waals surface area contributed by atoms with Crippen LogP contribution in [0.4, 0.5) is 27.8 Å². The van der Waals surface area contributed by atoms with Gasteiger partial charge < -0.3 is 15.2 Å². The molecule has 0 spiro atoms. The van der Waals surface area contributed by atoms with Crippen molar-refractivity contribution in [1.29, 1.82) is 0 Å². The number of hydrogen-bond donors (Lipinski definition) is 1. The molecular weight excluding hydrogens is 362 g/mol. The molecule has 1 aliphatic heterocycles. The van der Waals surface area contributed by atoms with Crippen LogP contribution < -0.4 is 20.3 Å². The zero-order valence-corrected chi connectivity index (χ0v) is 16.5. The number of hydrogen-bond acceptors (Lipinski definition) is 7. The topological polar surface area (TPSA) is 111 Å². The van der Waals surface area contributed by atoms with E-state index < -0.39 is 11.7 Å². The molecule has 0 fully saturated rings. The first kappa shape index (κ1) is 19.4. The Bertz CT molecular complexity index is 938. The Morgan fingerprint density at radius 3 is 2.64 bits per heavy atom. The molecule has 1 aliphatic rings. The predicted octanol–water partition coefficient (Wildman–Crippen LogP) is 2.66. The molecule has 1 aromatic carbocycles. The van der Waals surface area contributed by atoms with Crippen molar-refractivity contribution < 1.29 is 19.1 Å². The lowest BCUT2D eigenvalue weighted by Gasteiger charge is -2.26. The van der Waals surface area contributed by atoms with Gasteiger partial charge in [-0.15, -0.1) is 0 Å². The van der Waals surface area contributed by atoms with Gasteiger partial charge in [-0.05, 0) is 39.0 Å². The number of nitrogens with zero attached hydrogens (tertiary/aromatic N) is 4. The van der Waals surface area contributed by atoms with E-state index in [2.05, 4.69) is 9.97 Å². The van der Waals surface area contributed by atoms with Crippen LogP contribution in [0.15, 0.2) is 24.5 Å². The average molecular weight is 385 g/mol. The van der Waals surface area contributed by atoms with Crippen LogP contribution in [0.2, 0.25) is 0 Å². The third-order valence-electron chi connectivity index (χ3n) is 4.19. The highest BCUT2D eigenvalue weighted by molar-refractivity contribution is 6.08. The first-order valence-corrected chi connectivity index (χ1v) is 8.69. The summed E-state index contributed by atoms with van der Waals surface area (Å²) in [7, 11) is 3.08. The van der Waals surface area contributed by atoms with Gasteiger partial charge in [-0.3, -0.25) is 14.6 Å². The number of fused-ring (bicyclic) bond motifs is 1. The molecule has 0 aliphatic carbocycles. The molecule has 9 heteroatoms. The minimum absolute atomic E-state index is 0.116. The molecule has 2 N–H and O–H groups in total. The average Bonchev–Trinajstić information content (AvgIpc) is 2.96. The Balaban J connectivity index is 2.02. The van der Waals surface area contributed by atoms with Gasteiger partial charge in [0.2, 0.25) is 5.91 Å². The molecule has 2 aromatic rings. The third-order valence-corrected chi connectivity index (χ3v) is 4.19. The van der Waals surface area contributed by atoms with Crippen molar-refractivity contribution in [3.05, 3.63) is 30.1 Å². The number of ether oxygens (including phenoxy) is 2. The molecular formula is C19H23N5O4. The fourth-order valence-electron chi connectivity index (χ4n) is 2.90. The number of carbonyl (C=O) groups excluding carboxylic acids is 2. The van der Waals surface area contributed by atoms with Crippen LogP contribution in [0.5, 0.6) is 5.75 Å². The molecule has 0 unspecified atom stereocenters. The van der Waals surface area contributed by atoms with Crippen molar-refractivity contribution in [3.8, 4) is 5.75 Å². The predicted molar refractivity (Wildman–Crippen MR) is 105 cm³/mol. The summed E-state index contributed by atoms with van der Waals surface area (Å²) in [6, 6.07) is 5.08. The Kier molecular flexibility index (Phi) is 4.84. The van der Waals surface area contributed by atoms with E-state index in [-0.39, 0.29) is 18.1 Å². The summed E-state index contributed by atoms with van der Waals surface area (Å²) >= 11 is 0. The summed E-state index contributed by atoms with van der Waals surface area (Å²) in [5.74, 6) is 0.999. The normalized spacial score (nSPS) is 13.3. The van der Waals surface area contributed by atoms with Gasteiger partial charge in [-0.25, -0.2) is 14.8 Å². The lowest BCUT2D eigenvalue weighted by Crippen LogP contribution is -2.34. The largest absolute Gasteiger partial charge is 0.495 e. The number of aromatic nitrogens is 2. The lowest BCUT2D eigenvalue weighted by atomic mass is 10.2. The molecule has 2 amide bonds. The maximum Gasteiger partial charge on any atom is 0.414 e. The number of carbonyl (C=O) groups is 2. The van der Waals surface area contributed by atoms with Crippen LogP contribution >= 0.6 is 0 Å². The molecule has 2 heterocycles. The highest BCUT2D eigenvalue weighted by atomic mass is 16.6. The Morgan fingerprint density at radius 1 is 1.29 bits per heavy atom. The molecule has 28 heavy (non-hydrogen) atoms. The number of rotatable bonds is 3. The quantitative estimate of drug-likeness (QED) is 0.864. The van der Waals surface area contributed by atoms with Crippen LogP contribution in [0.3, 0.4) is 0 Å². The van der Waals surface area contributed by atoms with Crippen molar-refractivity contribution in [1.82, 2.24) is 9.97 Å². The van der Waals surface area contributed by atoms with Gasteiger partial charge in [0.05, 0.1) is 24.9 Å². The second-order valence-electron chi connectivity index (χ2n) is 7.36. The van der Waals surface area contributed by atoms with E-state index in [0.29, 0.717) is 28.5 Å². The van der Waals surface area contributed by atoms with Crippen molar-refractivity contribution in [3.63, 3.8) is 0 Å². The van der Waals surface area contributed by atoms with E-state index in [9.17, 15) is 9.59 Å². The number of anilines is 4. The third kappa shape index (κ3) is 3.55. The molecule has 0 atom stereocenters. The SMILES string of the molecule is COc1ccc(N2C(=O)Cc3c(N)ncnc32)cc1N(C)C(=O)OC(C)(C)C. The van der Waals surface area contributed by atoms with Crippen LogP contribution in [0.1, 0.15) is 26.3 Å². The lowest BCUT2D eigenvalue weighted by molar-refractivity contribution is -0.116. The van der Waals surface area contributed by atoms with Crippen molar-refractivity contribution in [2.45, 2.75) is 32.8 Å². The van der Waals surface area contributed by atoms with Crippen LogP contribution in [-0.4, -0.2) is 41.7 Å². The van der Waals surface area contributed by atoms with E-state index in [1.807, 2.05) is 0 Å². The summed E-state index contributed by atoms with van der Waals surface area (Å²) in [5, 5.41) is 0. The van der Waals surface area contributed by atoms with Crippen LogP contribution in [-0.2, 0) is 16.0 Å². The molecule has 0 saturated carbocycles. The van der Waals surface area contributed by atoms with E-state index in [1.54, 1.807) is 46.0 Å². The van der Waals surface area contributed by atoms with E-state index in [0.717, 1.165) is 0 Å². The van der Waals surface area contributed by atoms with Crippen molar-refractivity contribution in [2.24, 2.45) is 0 Å². The highest BCUT2D eigenvalue weighted by Crippen LogP contribution is 2.39. The van der Waals surface area contributed by atoms with Crippen molar-refractivity contribution in [2.75, 3.05) is 29.7 Å². The first-order valence-electron chi connectivity index (χ1n) is 8.69. The number of nitrogens with two attached hydrogens (primary N) is 1. The van der Waals surface area contributed by atoms with Gasteiger partial charge >= 0.3 is 6.09 Å². The van der Waals surface area contributed by atoms with Crippen LogP contribution in [0.25, 0.3) is 0 Å². The zero-order valence-electron chi connectivity index (χ0n) is 16.5. The maximum absolute atomic E-state index is 12.6. The summed E-state index contributed by atoms with van der Waals surface area (Å²) in [4.78, 5) is 36.0. The van der Waals surface area contributed by atoms with Gasteiger partial charge in [0.15, 0.2) is 0 Å². The zero-order chi connectivity index (χ0) is 20.6. The van der Waals surface area contributed by atoms with Crippen molar-refractivity contribution >= 4 is 35.0 Å². The van der Waals surface area contributed by atoms with Crippen LogP contribution in [0, 0.1) is 0 Å². The first-order chi connectivity index (χ1) is 13.1. The van der Waals surface area contributed by atoms with E-state index in [1.165, 1.54) is 23.2 Å². The van der Waals surface area contributed by atoms with Gasteiger partial charge in [0.1, 0.15) is 29.3 Å². The summed E-state index contributed by atoms with van der Waals surface area (Å²) < 4.78 is 10.8. The number of nitrogen functional groups attached to an aromatic ring is 1. The Hall–Kier alpha value is -3.36. The standard InChI is InChI=1S/C19H23N5O4/c1-19(2,3)28-18(26)23(4)13-8-11(6-7-14(13)27-5)24-15(25)9-12-16(20)21-10-22-17(12)24/h6-8,10H,9H2,1-5H3,(H2,20,21,22). The smallest absolute Gasteiger partial charge is 0.414 e. The second kappa shape index (κ2) is 6.99.